The average molecular weight is 527 g/mol. The molecule has 0 bridgehead atoms. The largest absolute Gasteiger partial charge is 0.465 e. The SMILES string of the molecule is CCOC(=O)Cn1c2c(sc1=O)[C@H](c1cccnc1)C1C(=O)N(c3ccc([N+](=O)[O-])cc3)C(=O)C1S2. The Hall–Kier alpha value is -3.84. The van der Waals surface area contributed by atoms with E-state index in [1.165, 1.54) is 28.8 Å². The van der Waals surface area contributed by atoms with E-state index < -0.39 is 39.8 Å². The van der Waals surface area contributed by atoms with Crippen LogP contribution in [0.2, 0.25) is 0 Å². The number of imide groups is 1. The Bertz CT molecular complexity index is 1430. The van der Waals surface area contributed by atoms with Crippen LogP contribution in [-0.2, 0) is 25.7 Å². The lowest BCUT2D eigenvalue weighted by Crippen LogP contribution is -2.32. The zero-order valence-electron chi connectivity index (χ0n) is 18.7. The van der Waals surface area contributed by atoms with Crippen molar-refractivity contribution < 1.29 is 24.0 Å². The number of nitro groups is 1. The highest BCUT2D eigenvalue weighted by Crippen LogP contribution is 2.53. The van der Waals surface area contributed by atoms with Crippen LogP contribution in [-0.4, -0.2) is 44.1 Å². The number of carbonyl (C=O) groups excluding carboxylic acids is 3. The molecule has 1 aromatic carbocycles. The van der Waals surface area contributed by atoms with E-state index in [1.54, 1.807) is 31.5 Å². The summed E-state index contributed by atoms with van der Waals surface area (Å²) in [5.74, 6) is -3.01. The number of fused-ring (bicyclic) bond motifs is 2. The Kier molecular flexibility index (Phi) is 6.18. The Morgan fingerprint density at radius 1 is 1.17 bits per heavy atom. The lowest BCUT2D eigenvalue weighted by molar-refractivity contribution is -0.384. The summed E-state index contributed by atoms with van der Waals surface area (Å²) in [6.45, 7) is 1.52. The number of hydrogen-bond donors (Lipinski definition) is 0. The van der Waals surface area contributed by atoms with Crippen molar-refractivity contribution in [2.24, 2.45) is 5.92 Å². The molecule has 3 aromatic rings. The summed E-state index contributed by atoms with van der Waals surface area (Å²) in [7, 11) is 0. The second-order valence-electron chi connectivity index (χ2n) is 8.04. The third kappa shape index (κ3) is 3.89. The molecule has 2 aliphatic heterocycles. The van der Waals surface area contributed by atoms with Gasteiger partial charge in [0.2, 0.25) is 11.8 Å². The molecule has 5 rings (SSSR count). The number of pyridine rings is 1. The van der Waals surface area contributed by atoms with Gasteiger partial charge in [0.1, 0.15) is 11.8 Å². The Morgan fingerprint density at radius 3 is 2.56 bits per heavy atom. The molecule has 13 heteroatoms. The Morgan fingerprint density at radius 2 is 1.92 bits per heavy atom. The average Bonchev–Trinajstić information content (AvgIpc) is 3.31. The molecule has 2 amide bonds. The van der Waals surface area contributed by atoms with Gasteiger partial charge in [-0.2, -0.15) is 0 Å². The van der Waals surface area contributed by atoms with Gasteiger partial charge in [0.15, 0.2) is 0 Å². The summed E-state index contributed by atoms with van der Waals surface area (Å²) in [5, 5.41) is 10.6. The zero-order chi connectivity index (χ0) is 25.6. The van der Waals surface area contributed by atoms with Gasteiger partial charge >= 0.3 is 10.8 Å². The summed E-state index contributed by atoms with van der Waals surface area (Å²) >= 11 is 2.01. The number of aromatic nitrogens is 2. The number of nitro benzene ring substituents is 1. The lowest BCUT2D eigenvalue weighted by Gasteiger charge is -2.30. The minimum Gasteiger partial charge on any atom is -0.465 e. The summed E-state index contributed by atoms with van der Waals surface area (Å²) in [6.07, 6.45) is 3.17. The van der Waals surface area contributed by atoms with Crippen LogP contribution in [0.15, 0.2) is 58.6 Å². The van der Waals surface area contributed by atoms with Crippen LogP contribution >= 0.6 is 23.1 Å². The van der Waals surface area contributed by atoms with Gasteiger partial charge in [-0.05, 0) is 30.7 Å². The fraction of sp³-hybridized carbons (Fsp3) is 0.261. The van der Waals surface area contributed by atoms with Crippen LogP contribution in [0, 0.1) is 16.0 Å². The number of anilines is 1. The van der Waals surface area contributed by atoms with Crippen LogP contribution < -0.4 is 9.77 Å². The summed E-state index contributed by atoms with van der Waals surface area (Å²) < 4.78 is 6.29. The molecular weight excluding hydrogens is 508 g/mol. The van der Waals surface area contributed by atoms with Gasteiger partial charge in [-0.3, -0.25) is 38.8 Å². The van der Waals surface area contributed by atoms with E-state index in [0.29, 0.717) is 15.5 Å². The summed E-state index contributed by atoms with van der Waals surface area (Å²) in [5.41, 5.74) is 0.719. The van der Waals surface area contributed by atoms with Gasteiger partial charge in [-0.15, -0.1) is 0 Å². The van der Waals surface area contributed by atoms with E-state index >= 15 is 0 Å². The number of non-ortho nitro benzene ring substituents is 1. The van der Waals surface area contributed by atoms with Gasteiger partial charge in [-0.25, -0.2) is 4.90 Å². The predicted molar refractivity (Wildman–Crippen MR) is 130 cm³/mol. The maximum Gasteiger partial charge on any atom is 0.326 e. The molecule has 0 spiro atoms. The number of ether oxygens (including phenoxy) is 1. The van der Waals surface area contributed by atoms with Crippen molar-refractivity contribution in [2.45, 2.75) is 29.7 Å². The number of amides is 2. The molecule has 3 atom stereocenters. The third-order valence-electron chi connectivity index (χ3n) is 6.00. The van der Waals surface area contributed by atoms with Crippen molar-refractivity contribution in [3.05, 3.63) is 79.0 Å². The van der Waals surface area contributed by atoms with Crippen molar-refractivity contribution >= 4 is 52.3 Å². The first-order valence-corrected chi connectivity index (χ1v) is 12.6. The number of esters is 1. The molecule has 0 saturated carbocycles. The molecule has 0 N–H and O–H groups in total. The monoisotopic (exact) mass is 526 g/mol. The van der Waals surface area contributed by atoms with Crippen molar-refractivity contribution in [3.63, 3.8) is 0 Å². The molecule has 2 aliphatic rings. The van der Waals surface area contributed by atoms with E-state index in [-0.39, 0.29) is 29.4 Å². The number of benzene rings is 1. The minimum absolute atomic E-state index is 0.160. The van der Waals surface area contributed by atoms with Gasteiger partial charge in [-0.1, -0.05) is 29.2 Å². The molecule has 36 heavy (non-hydrogen) atoms. The number of thiazole rings is 1. The molecule has 4 heterocycles. The molecule has 184 valence electrons. The molecule has 2 unspecified atom stereocenters. The molecule has 0 aliphatic carbocycles. The Labute approximate surface area is 211 Å². The normalized spacial score (nSPS) is 20.7. The van der Waals surface area contributed by atoms with Crippen LogP contribution in [0.25, 0.3) is 0 Å². The molecule has 2 aromatic heterocycles. The highest BCUT2D eigenvalue weighted by Gasteiger charge is 2.57. The number of thioether (sulfide) groups is 1. The maximum absolute atomic E-state index is 13.7. The second-order valence-corrected chi connectivity index (χ2v) is 10.2. The van der Waals surface area contributed by atoms with E-state index in [1.807, 2.05) is 0 Å². The van der Waals surface area contributed by atoms with Gasteiger partial charge in [0.25, 0.3) is 5.69 Å². The van der Waals surface area contributed by atoms with Crippen molar-refractivity contribution in [1.29, 1.82) is 0 Å². The van der Waals surface area contributed by atoms with E-state index in [2.05, 4.69) is 4.98 Å². The first-order chi connectivity index (χ1) is 17.3. The lowest BCUT2D eigenvalue weighted by atomic mass is 9.84. The first-order valence-electron chi connectivity index (χ1n) is 10.9. The smallest absolute Gasteiger partial charge is 0.326 e. The minimum atomic E-state index is -0.868. The zero-order valence-corrected chi connectivity index (χ0v) is 20.4. The number of rotatable bonds is 6. The highest BCUT2D eigenvalue weighted by molar-refractivity contribution is 8.00. The molecular formula is C23H18N4O7S2. The first kappa shape index (κ1) is 23.9. The number of carbonyl (C=O) groups is 3. The molecule has 11 nitrogen and oxygen atoms in total. The van der Waals surface area contributed by atoms with Crippen LogP contribution in [0.5, 0.6) is 0 Å². The van der Waals surface area contributed by atoms with Gasteiger partial charge in [0, 0.05) is 35.3 Å². The third-order valence-corrected chi connectivity index (χ3v) is 8.61. The molecule has 0 radical (unpaired) electrons. The van der Waals surface area contributed by atoms with Crippen molar-refractivity contribution in [2.75, 3.05) is 11.5 Å². The van der Waals surface area contributed by atoms with Crippen LogP contribution in [0.3, 0.4) is 0 Å². The van der Waals surface area contributed by atoms with E-state index in [0.717, 1.165) is 28.0 Å². The van der Waals surface area contributed by atoms with Crippen molar-refractivity contribution in [1.82, 2.24) is 9.55 Å². The molecule has 1 fully saturated rings. The van der Waals surface area contributed by atoms with E-state index in [4.69, 9.17) is 4.74 Å². The predicted octanol–water partition coefficient (Wildman–Crippen LogP) is 2.57. The van der Waals surface area contributed by atoms with Gasteiger partial charge in [0.05, 0.1) is 28.2 Å². The van der Waals surface area contributed by atoms with Crippen molar-refractivity contribution in [3.8, 4) is 0 Å². The maximum atomic E-state index is 13.7. The number of nitrogens with zero attached hydrogens (tertiary/aromatic N) is 4. The fourth-order valence-corrected chi connectivity index (χ4v) is 7.26. The summed E-state index contributed by atoms with van der Waals surface area (Å²) in [4.78, 5) is 68.2. The standard InChI is InChI=1S/C23H18N4O7S2/c1-2-34-15(28)11-25-22-19(36-23(25)31)16(12-4-3-9-24-10-12)17-18(35-22)21(30)26(20(17)29)13-5-7-14(8-6-13)27(32)33/h3-10,16-18H,2,11H2,1H3/t16-,17?,18?/m1/s1. The fourth-order valence-electron chi connectivity index (χ4n) is 4.49. The van der Waals surface area contributed by atoms with Gasteiger partial charge < -0.3 is 4.74 Å². The van der Waals surface area contributed by atoms with E-state index in [9.17, 15) is 29.3 Å². The van der Waals surface area contributed by atoms with Crippen LogP contribution in [0.1, 0.15) is 23.3 Å². The topological polar surface area (TPSA) is 142 Å². The van der Waals surface area contributed by atoms with Crippen LogP contribution in [0.4, 0.5) is 11.4 Å². The quantitative estimate of drug-likeness (QED) is 0.205. The second kappa shape index (κ2) is 9.32. The number of hydrogen-bond acceptors (Lipinski definition) is 10. The Balaban J connectivity index is 1.60. The highest BCUT2D eigenvalue weighted by atomic mass is 32.2. The summed E-state index contributed by atoms with van der Waals surface area (Å²) in [6, 6.07) is 8.68. The molecule has 1 saturated heterocycles.